The molecule has 2 heterocycles. The van der Waals surface area contributed by atoms with E-state index >= 15 is 0 Å². The summed E-state index contributed by atoms with van der Waals surface area (Å²) in [6.07, 6.45) is 0. The maximum Gasteiger partial charge on any atom is 0.285 e. The summed E-state index contributed by atoms with van der Waals surface area (Å²) in [5.74, 6) is -1.12. The number of hydrogen-bond donors (Lipinski definition) is 0. The summed E-state index contributed by atoms with van der Waals surface area (Å²) in [6.45, 7) is 12.6. The van der Waals surface area contributed by atoms with Gasteiger partial charge < -0.3 is 4.74 Å². The molecular formula is C26H29NO5. The van der Waals surface area contributed by atoms with Crippen LogP contribution in [0.4, 0.5) is 0 Å². The van der Waals surface area contributed by atoms with Crippen LogP contribution in [0.5, 0.6) is 5.75 Å². The summed E-state index contributed by atoms with van der Waals surface area (Å²) in [4.78, 5) is 44.0. The zero-order valence-electron chi connectivity index (χ0n) is 19.4. The van der Waals surface area contributed by atoms with E-state index in [-0.39, 0.29) is 29.8 Å². The predicted octanol–water partition coefficient (Wildman–Crippen LogP) is 4.70. The number of nitrogens with zero attached hydrogens (tertiary/aromatic N) is 1. The van der Waals surface area contributed by atoms with Crippen molar-refractivity contribution < 1.29 is 24.0 Å². The highest BCUT2D eigenvalue weighted by molar-refractivity contribution is 6.20. The predicted molar refractivity (Wildman–Crippen MR) is 120 cm³/mol. The third kappa shape index (κ3) is 3.73. The highest BCUT2D eigenvalue weighted by Gasteiger charge is 2.39. The lowest BCUT2D eigenvalue weighted by atomic mass is 9.77. The van der Waals surface area contributed by atoms with E-state index in [1.807, 2.05) is 6.07 Å². The normalized spacial score (nSPS) is 18.5. The second kappa shape index (κ2) is 7.55. The summed E-state index contributed by atoms with van der Waals surface area (Å²) >= 11 is 0. The maximum atomic E-state index is 13.4. The summed E-state index contributed by atoms with van der Waals surface area (Å²) < 4.78 is 6.07. The van der Waals surface area contributed by atoms with Crippen molar-refractivity contribution in [2.24, 2.45) is 5.92 Å². The van der Waals surface area contributed by atoms with Gasteiger partial charge in [0.05, 0.1) is 29.2 Å². The Bertz CT molecular complexity index is 1090. The van der Waals surface area contributed by atoms with Crippen LogP contribution in [0, 0.1) is 5.92 Å². The molecule has 0 aromatic heterocycles. The summed E-state index contributed by atoms with van der Waals surface area (Å²) in [7, 11) is 0. The lowest BCUT2D eigenvalue weighted by molar-refractivity contribution is -0.103. The van der Waals surface area contributed by atoms with Crippen molar-refractivity contribution in [3.05, 3.63) is 64.2 Å². The van der Waals surface area contributed by atoms with Gasteiger partial charge in [-0.15, -0.1) is 5.06 Å². The molecule has 2 aliphatic heterocycles. The lowest BCUT2D eigenvalue weighted by Gasteiger charge is -2.33. The Morgan fingerprint density at radius 3 is 2.03 bits per heavy atom. The highest BCUT2D eigenvalue weighted by Crippen LogP contribution is 2.41. The first-order valence-electron chi connectivity index (χ1n) is 10.9. The number of carbonyl (C=O) groups is 3. The fourth-order valence-electron chi connectivity index (χ4n) is 4.01. The number of ether oxygens (including phenoxy) is 1. The molecule has 1 atom stereocenters. The van der Waals surface area contributed by atoms with Crippen molar-refractivity contribution in [2.45, 2.75) is 52.4 Å². The Kier molecular flexibility index (Phi) is 5.24. The van der Waals surface area contributed by atoms with Crippen LogP contribution in [0.1, 0.15) is 83.7 Å². The van der Waals surface area contributed by atoms with E-state index in [0.717, 1.165) is 16.2 Å². The molecule has 0 radical (unpaired) electrons. The van der Waals surface area contributed by atoms with Crippen LogP contribution in [0.25, 0.3) is 0 Å². The van der Waals surface area contributed by atoms with Crippen molar-refractivity contribution in [1.82, 2.24) is 5.06 Å². The second-order valence-corrected chi connectivity index (χ2v) is 10.5. The van der Waals surface area contributed by atoms with Crippen molar-refractivity contribution in [3.8, 4) is 5.75 Å². The molecule has 0 spiro atoms. The fourth-order valence-corrected chi connectivity index (χ4v) is 4.01. The van der Waals surface area contributed by atoms with Crippen LogP contribution < -0.4 is 4.74 Å². The molecule has 2 aromatic carbocycles. The van der Waals surface area contributed by atoms with Crippen molar-refractivity contribution >= 4 is 17.6 Å². The van der Waals surface area contributed by atoms with E-state index < -0.39 is 17.7 Å². The Hall–Kier alpha value is -2.99. The van der Waals surface area contributed by atoms with Gasteiger partial charge in [-0.2, -0.15) is 0 Å². The van der Waals surface area contributed by atoms with Crippen LogP contribution in [-0.4, -0.2) is 35.9 Å². The SMILES string of the molecule is CC(C)(C)c1cc2c(c(C(C)(C)C)c1)OCC(CON1C(=O)c3ccccc3C1=O)C2=O. The van der Waals surface area contributed by atoms with E-state index in [1.54, 1.807) is 24.3 Å². The van der Waals surface area contributed by atoms with E-state index in [1.165, 1.54) is 0 Å². The third-order valence-corrected chi connectivity index (χ3v) is 5.99. The molecule has 6 heteroatoms. The molecular weight excluding hydrogens is 406 g/mol. The quantitative estimate of drug-likeness (QED) is 0.654. The number of carbonyl (C=O) groups excluding carboxylic acids is 3. The van der Waals surface area contributed by atoms with Gasteiger partial charge >= 0.3 is 0 Å². The van der Waals surface area contributed by atoms with Gasteiger partial charge in [0.15, 0.2) is 5.78 Å². The number of imide groups is 1. The first kappa shape index (κ1) is 22.2. The number of ketones is 1. The van der Waals surface area contributed by atoms with Gasteiger partial charge in [-0.05, 0) is 34.6 Å². The Labute approximate surface area is 188 Å². The Balaban J connectivity index is 1.59. The van der Waals surface area contributed by atoms with Gasteiger partial charge in [-0.25, -0.2) is 0 Å². The van der Waals surface area contributed by atoms with E-state index in [2.05, 4.69) is 47.6 Å². The Morgan fingerprint density at radius 2 is 1.50 bits per heavy atom. The minimum Gasteiger partial charge on any atom is -0.492 e. The number of amides is 2. The maximum absolute atomic E-state index is 13.4. The second-order valence-electron chi connectivity index (χ2n) is 10.5. The molecule has 4 rings (SSSR count). The molecule has 0 saturated heterocycles. The molecule has 1 unspecified atom stereocenters. The van der Waals surface area contributed by atoms with Crippen LogP contribution in [0.2, 0.25) is 0 Å². The van der Waals surface area contributed by atoms with Gasteiger partial charge in [0, 0.05) is 5.56 Å². The number of rotatable bonds is 3. The van der Waals surface area contributed by atoms with Crippen molar-refractivity contribution in [1.29, 1.82) is 0 Å². The molecule has 2 aromatic rings. The summed E-state index contributed by atoms with van der Waals surface area (Å²) in [5.41, 5.74) is 2.85. The number of hydrogen-bond acceptors (Lipinski definition) is 5. The van der Waals surface area contributed by atoms with Gasteiger partial charge in [-0.3, -0.25) is 19.2 Å². The van der Waals surface area contributed by atoms with Gasteiger partial charge in [0.1, 0.15) is 12.4 Å². The smallest absolute Gasteiger partial charge is 0.285 e. The molecule has 0 saturated carbocycles. The highest BCUT2D eigenvalue weighted by atomic mass is 16.7. The molecule has 0 N–H and O–H groups in total. The van der Waals surface area contributed by atoms with Gasteiger partial charge in [0.25, 0.3) is 11.8 Å². The average molecular weight is 436 g/mol. The molecule has 0 aliphatic carbocycles. The molecule has 6 nitrogen and oxygen atoms in total. The molecule has 0 fully saturated rings. The van der Waals surface area contributed by atoms with Crippen LogP contribution in [-0.2, 0) is 15.7 Å². The first-order valence-corrected chi connectivity index (χ1v) is 10.9. The minimum atomic E-state index is -0.616. The average Bonchev–Trinajstić information content (AvgIpc) is 2.96. The van der Waals surface area contributed by atoms with E-state index in [4.69, 9.17) is 9.57 Å². The van der Waals surface area contributed by atoms with Gasteiger partial charge in [0.2, 0.25) is 0 Å². The Morgan fingerprint density at radius 1 is 0.906 bits per heavy atom. The molecule has 168 valence electrons. The lowest BCUT2D eigenvalue weighted by Crippen LogP contribution is -2.38. The van der Waals surface area contributed by atoms with Crippen molar-refractivity contribution in [3.63, 3.8) is 0 Å². The zero-order valence-corrected chi connectivity index (χ0v) is 19.4. The number of Topliss-reactive ketones (excluding diaryl/α,β-unsaturated/α-hetero) is 1. The van der Waals surface area contributed by atoms with E-state index in [9.17, 15) is 14.4 Å². The van der Waals surface area contributed by atoms with Crippen molar-refractivity contribution in [2.75, 3.05) is 13.2 Å². The number of benzene rings is 2. The minimum absolute atomic E-state index is 0.0977. The van der Waals surface area contributed by atoms with Gasteiger partial charge in [-0.1, -0.05) is 59.7 Å². The first-order chi connectivity index (χ1) is 14.9. The standard InChI is InChI=1S/C26H29NO5/c1-25(2,3)16-11-19-21(28)15(13-31-22(19)20(12-16)26(4,5)6)14-32-27-23(29)17-9-7-8-10-18(17)24(27)30/h7-12,15H,13-14H2,1-6H3. The fraction of sp³-hybridized carbons (Fsp3) is 0.423. The third-order valence-electron chi connectivity index (χ3n) is 5.99. The number of fused-ring (bicyclic) bond motifs is 2. The monoisotopic (exact) mass is 435 g/mol. The molecule has 2 amide bonds. The van der Waals surface area contributed by atoms with Crippen LogP contribution in [0.3, 0.4) is 0 Å². The topological polar surface area (TPSA) is 72.9 Å². The van der Waals surface area contributed by atoms with E-state index in [0.29, 0.717) is 22.4 Å². The summed E-state index contributed by atoms with van der Waals surface area (Å²) in [5, 5.41) is 0.750. The largest absolute Gasteiger partial charge is 0.492 e. The van der Waals surface area contributed by atoms with Crippen LogP contribution in [0.15, 0.2) is 36.4 Å². The summed E-state index contributed by atoms with van der Waals surface area (Å²) in [6, 6.07) is 10.6. The van der Waals surface area contributed by atoms with Crippen LogP contribution >= 0.6 is 0 Å². The molecule has 32 heavy (non-hydrogen) atoms. The molecule has 2 aliphatic rings. The number of hydroxylamine groups is 2. The zero-order chi connectivity index (χ0) is 23.4. The molecule has 0 bridgehead atoms.